The highest BCUT2D eigenvalue weighted by Crippen LogP contribution is 2.47. The highest BCUT2D eigenvalue weighted by molar-refractivity contribution is 5.80. The molecule has 3 rings (SSSR count). The Morgan fingerprint density at radius 1 is 1.04 bits per heavy atom. The Bertz CT molecular complexity index is 827. The molecule has 0 spiro atoms. The number of fused-ring (bicyclic) bond motifs is 1. The number of ether oxygens (including phenoxy) is 1. The molecule has 28 heavy (non-hydrogen) atoms. The molecule has 0 aliphatic heterocycles. The predicted octanol–water partition coefficient (Wildman–Crippen LogP) is 7.39. The Hall–Kier alpha value is -1.86. The van der Waals surface area contributed by atoms with Crippen LogP contribution in [0.4, 0.5) is 0 Å². The van der Waals surface area contributed by atoms with E-state index in [4.69, 9.17) is 4.74 Å². The van der Waals surface area contributed by atoms with E-state index in [9.17, 15) is 0 Å². The lowest BCUT2D eigenvalue weighted by Gasteiger charge is -2.47. The van der Waals surface area contributed by atoms with Gasteiger partial charge in [-0.2, -0.15) is 0 Å². The fourth-order valence-electron chi connectivity index (χ4n) is 4.43. The second-order valence-electron chi connectivity index (χ2n) is 9.52. The summed E-state index contributed by atoms with van der Waals surface area (Å²) in [4.78, 5) is 0. The molecular weight excluding hydrogens is 340 g/mol. The van der Waals surface area contributed by atoms with Gasteiger partial charge in [0.2, 0.25) is 0 Å². The van der Waals surface area contributed by atoms with E-state index >= 15 is 0 Å². The lowest BCUT2D eigenvalue weighted by Crippen LogP contribution is -2.46. The molecule has 1 nitrogen and oxygen atoms in total. The van der Waals surface area contributed by atoms with Crippen LogP contribution in [0.15, 0.2) is 48.5 Å². The highest BCUT2D eigenvalue weighted by atomic mass is 16.5. The summed E-state index contributed by atoms with van der Waals surface area (Å²) < 4.78 is 6.38. The second-order valence-corrected chi connectivity index (χ2v) is 9.52. The number of hydrogen-bond acceptors (Lipinski definition) is 1. The fourth-order valence-corrected chi connectivity index (χ4v) is 4.43. The normalized spacial score (nSPS) is 20.6. The summed E-state index contributed by atoms with van der Waals surface area (Å²) in [6.45, 7) is 14.8. The lowest BCUT2D eigenvalue weighted by molar-refractivity contribution is -0.0199. The first kappa shape index (κ1) is 20.9. The Kier molecular flexibility index (Phi) is 6.15. The maximum Gasteiger partial charge on any atom is 0.0674 e. The SMILES string of the molecule is CCCCOC1CC(C)(C)c2cc(C(C)=Cc3ccccc3)ccc2C1(C)C. The molecule has 0 fully saturated rings. The van der Waals surface area contributed by atoms with Crippen LogP contribution in [-0.4, -0.2) is 12.7 Å². The molecule has 0 saturated carbocycles. The minimum Gasteiger partial charge on any atom is -0.377 e. The third kappa shape index (κ3) is 4.25. The lowest BCUT2D eigenvalue weighted by atomic mass is 9.61. The van der Waals surface area contributed by atoms with Crippen molar-refractivity contribution in [1.82, 2.24) is 0 Å². The molecule has 0 heterocycles. The third-order valence-corrected chi connectivity index (χ3v) is 6.40. The van der Waals surface area contributed by atoms with E-state index in [0.717, 1.165) is 19.4 Å². The molecule has 0 bridgehead atoms. The van der Waals surface area contributed by atoms with Gasteiger partial charge in [0, 0.05) is 12.0 Å². The summed E-state index contributed by atoms with van der Waals surface area (Å²) in [6.07, 6.45) is 5.95. The minimum absolute atomic E-state index is 0.0359. The predicted molar refractivity (Wildman–Crippen MR) is 122 cm³/mol. The zero-order valence-corrected chi connectivity index (χ0v) is 18.5. The molecule has 150 valence electrons. The molecular formula is C27H36O. The topological polar surface area (TPSA) is 9.23 Å². The summed E-state index contributed by atoms with van der Waals surface area (Å²) in [7, 11) is 0. The van der Waals surface area contributed by atoms with Crippen LogP contribution in [-0.2, 0) is 15.6 Å². The standard InChI is InChI=1S/C27H36O/c1-7-8-16-28-25-19-26(3,4)24-18-22(14-15-23(24)27(25,5)6)20(2)17-21-12-10-9-11-13-21/h9-15,17-18,25H,7-8,16,19H2,1-6H3. The average molecular weight is 377 g/mol. The molecule has 0 amide bonds. The van der Waals surface area contributed by atoms with Crippen molar-refractivity contribution in [2.24, 2.45) is 0 Å². The second kappa shape index (κ2) is 8.25. The van der Waals surface area contributed by atoms with Gasteiger partial charge >= 0.3 is 0 Å². The van der Waals surface area contributed by atoms with Gasteiger partial charge in [0.05, 0.1) is 6.10 Å². The Morgan fingerprint density at radius 3 is 2.43 bits per heavy atom. The molecule has 1 atom stereocenters. The van der Waals surface area contributed by atoms with E-state index in [0.29, 0.717) is 0 Å². The largest absolute Gasteiger partial charge is 0.377 e. The van der Waals surface area contributed by atoms with Crippen LogP contribution < -0.4 is 0 Å². The van der Waals surface area contributed by atoms with Crippen LogP contribution in [0.1, 0.15) is 83.1 Å². The van der Waals surface area contributed by atoms with Crippen molar-refractivity contribution in [3.8, 4) is 0 Å². The molecule has 1 aliphatic rings. The van der Waals surface area contributed by atoms with E-state index in [-0.39, 0.29) is 16.9 Å². The number of rotatable bonds is 6. The van der Waals surface area contributed by atoms with Gasteiger partial charge in [0.25, 0.3) is 0 Å². The summed E-state index contributed by atoms with van der Waals surface area (Å²) in [5, 5.41) is 0. The average Bonchev–Trinajstić information content (AvgIpc) is 2.66. The number of unbranched alkanes of at least 4 members (excludes halogenated alkanes) is 1. The smallest absolute Gasteiger partial charge is 0.0674 e. The first-order valence-electron chi connectivity index (χ1n) is 10.8. The molecule has 2 aromatic carbocycles. The van der Waals surface area contributed by atoms with Crippen LogP contribution in [0.2, 0.25) is 0 Å². The summed E-state index contributed by atoms with van der Waals surface area (Å²) in [6, 6.07) is 17.6. The number of hydrogen-bond donors (Lipinski definition) is 0. The van der Waals surface area contributed by atoms with Crippen LogP contribution in [0.25, 0.3) is 11.6 Å². The quantitative estimate of drug-likeness (QED) is 0.377. The van der Waals surface area contributed by atoms with Gasteiger partial charge in [-0.25, -0.2) is 0 Å². The van der Waals surface area contributed by atoms with Crippen molar-refractivity contribution in [2.75, 3.05) is 6.61 Å². The first-order valence-corrected chi connectivity index (χ1v) is 10.8. The molecule has 1 aliphatic carbocycles. The minimum atomic E-state index is 0.0359. The van der Waals surface area contributed by atoms with Gasteiger partial charge in [-0.3, -0.25) is 0 Å². The van der Waals surface area contributed by atoms with E-state index in [1.165, 1.54) is 34.2 Å². The van der Waals surface area contributed by atoms with Crippen LogP contribution in [0.5, 0.6) is 0 Å². The highest BCUT2D eigenvalue weighted by Gasteiger charge is 2.44. The van der Waals surface area contributed by atoms with Crippen molar-refractivity contribution in [3.05, 3.63) is 70.8 Å². The Morgan fingerprint density at radius 2 is 1.75 bits per heavy atom. The molecule has 1 unspecified atom stereocenters. The van der Waals surface area contributed by atoms with E-state index in [2.05, 4.69) is 96.1 Å². The molecule has 0 saturated heterocycles. The Balaban J connectivity index is 1.95. The Labute approximate surface area is 171 Å². The molecule has 0 radical (unpaired) electrons. The molecule has 2 aromatic rings. The molecule has 0 N–H and O–H groups in total. The van der Waals surface area contributed by atoms with Gasteiger partial charge < -0.3 is 4.74 Å². The van der Waals surface area contributed by atoms with Crippen LogP contribution in [0, 0.1) is 0 Å². The molecule has 0 aromatic heterocycles. The zero-order valence-electron chi connectivity index (χ0n) is 18.5. The maximum atomic E-state index is 6.38. The van der Waals surface area contributed by atoms with E-state index < -0.39 is 0 Å². The van der Waals surface area contributed by atoms with Gasteiger partial charge in [-0.1, -0.05) is 95.6 Å². The van der Waals surface area contributed by atoms with Crippen molar-refractivity contribution < 1.29 is 4.74 Å². The number of benzene rings is 2. The van der Waals surface area contributed by atoms with Crippen molar-refractivity contribution >= 4 is 11.6 Å². The first-order chi connectivity index (χ1) is 13.3. The van der Waals surface area contributed by atoms with E-state index in [1.54, 1.807) is 0 Å². The monoisotopic (exact) mass is 376 g/mol. The van der Waals surface area contributed by atoms with Gasteiger partial charge in [0.15, 0.2) is 0 Å². The summed E-state index contributed by atoms with van der Waals surface area (Å²) in [5.74, 6) is 0. The van der Waals surface area contributed by atoms with Crippen molar-refractivity contribution in [1.29, 1.82) is 0 Å². The molecule has 1 heteroatoms. The van der Waals surface area contributed by atoms with Crippen molar-refractivity contribution in [3.63, 3.8) is 0 Å². The summed E-state index contributed by atoms with van der Waals surface area (Å²) >= 11 is 0. The van der Waals surface area contributed by atoms with Crippen LogP contribution in [0.3, 0.4) is 0 Å². The number of allylic oxidation sites excluding steroid dienone is 1. The third-order valence-electron chi connectivity index (χ3n) is 6.40. The van der Waals surface area contributed by atoms with Gasteiger partial charge in [-0.15, -0.1) is 0 Å². The van der Waals surface area contributed by atoms with Gasteiger partial charge in [-0.05, 0) is 53.0 Å². The van der Waals surface area contributed by atoms with Crippen molar-refractivity contribution in [2.45, 2.75) is 77.7 Å². The zero-order chi connectivity index (χ0) is 20.4. The fraction of sp³-hybridized carbons (Fsp3) is 0.481. The van der Waals surface area contributed by atoms with E-state index in [1.807, 2.05) is 0 Å². The maximum absolute atomic E-state index is 6.38. The van der Waals surface area contributed by atoms with Crippen LogP contribution >= 0.6 is 0 Å². The van der Waals surface area contributed by atoms with Gasteiger partial charge in [0.1, 0.15) is 0 Å². The summed E-state index contributed by atoms with van der Waals surface area (Å²) in [5.41, 5.74) is 6.95.